The normalized spacial score (nSPS) is 26.6. The number of rotatable bonds is 12. The Bertz CT molecular complexity index is 449. The molecule has 0 aromatic heterocycles. The molecule has 0 radical (unpaired) electrons. The largest absolute Gasteiger partial charge is 0.481 e. The number of carboxylic acid groups (broad SMARTS) is 1. The van der Waals surface area contributed by atoms with Gasteiger partial charge < -0.3 is 20.4 Å². The zero-order valence-electron chi connectivity index (χ0n) is 15.2. The maximum Gasteiger partial charge on any atom is 0.318 e. The van der Waals surface area contributed by atoms with Gasteiger partial charge in [0, 0.05) is 18.2 Å². The summed E-state index contributed by atoms with van der Waals surface area (Å²) in [5.41, 5.74) is 0. The fourth-order valence-corrected chi connectivity index (χ4v) is 5.12. The molecule has 4 atom stereocenters. The van der Waals surface area contributed by atoms with E-state index in [1.807, 2.05) is 16.7 Å². The second-order valence-corrected chi connectivity index (χ2v) is 8.62. The predicted molar refractivity (Wildman–Crippen MR) is 99.9 cm³/mol. The molecule has 2 amide bonds. The summed E-state index contributed by atoms with van der Waals surface area (Å²) in [6, 6.07) is 0.444. The highest BCUT2D eigenvalue weighted by Crippen LogP contribution is 2.36. The second-order valence-electron chi connectivity index (χ2n) is 7.22. The van der Waals surface area contributed by atoms with Crippen LogP contribution in [0.25, 0.3) is 0 Å². The zero-order valence-corrected chi connectivity index (χ0v) is 16.0. The van der Waals surface area contributed by atoms with E-state index in [2.05, 4.69) is 12.2 Å². The number of carbonyl (C=O) groups excluding carboxylic acids is 1. The highest BCUT2D eigenvalue weighted by Gasteiger charge is 2.45. The number of nitrogens with one attached hydrogen (secondary N) is 1. The molecule has 0 aromatic rings. The Morgan fingerprint density at radius 2 is 2.12 bits per heavy atom. The second kappa shape index (κ2) is 10.3. The van der Waals surface area contributed by atoms with Gasteiger partial charge in [0.25, 0.3) is 0 Å². The first-order valence-electron chi connectivity index (χ1n) is 9.59. The summed E-state index contributed by atoms with van der Waals surface area (Å²) in [4.78, 5) is 24.6. The Balaban J connectivity index is 1.70. The fourth-order valence-electron chi connectivity index (χ4n) is 3.80. The van der Waals surface area contributed by atoms with Crippen molar-refractivity contribution in [3.8, 4) is 0 Å². The highest BCUT2D eigenvalue weighted by molar-refractivity contribution is 7.99. The number of thioether (sulfide) groups is 1. The minimum absolute atomic E-state index is 0.00471. The minimum atomic E-state index is -0.736. The first-order valence-corrected chi connectivity index (χ1v) is 10.6. The predicted octanol–water partition coefficient (Wildman–Crippen LogP) is 2.84. The topological polar surface area (TPSA) is 89.9 Å². The van der Waals surface area contributed by atoms with Gasteiger partial charge in [-0.25, -0.2) is 4.79 Å². The summed E-state index contributed by atoms with van der Waals surface area (Å²) < 4.78 is 0. The van der Waals surface area contributed by atoms with Gasteiger partial charge in [-0.2, -0.15) is 11.8 Å². The Hall–Kier alpha value is -0.950. The van der Waals surface area contributed by atoms with E-state index in [0.717, 1.165) is 44.3 Å². The molecule has 0 aromatic carbocycles. The van der Waals surface area contributed by atoms with E-state index in [1.54, 1.807) is 0 Å². The van der Waals surface area contributed by atoms with Crippen LogP contribution in [-0.4, -0.2) is 62.8 Å². The van der Waals surface area contributed by atoms with Crippen LogP contribution >= 0.6 is 11.8 Å². The lowest BCUT2D eigenvalue weighted by molar-refractivity contribution is -0.137. The van der Waals surface area contributed by atoms with E-state index in [9.17, 15) is 14.7 Å². The third-order valence-electron chi connectivity index (χ3n) is 5.19. The molecule has 1 unspecified atom stereocenters. The summed E-state index contributed by atoms with van der Waals surface area (Å²) in [7, 11) is 0. The van der Waals surface area contributed by atoms with Crippen LogP contribution in [-0.2, 0) is 4.79 Å². The van der Waals surface area contributed by atoms with Crippen LogP contribution in [0.2, 0.25) is 0 Å². The number of hydrogen-bond donors (Lipinski definition) is 3. The molecule has 2 rings (SSSR count). The van der Waals surface area contributed by atoms with Gasteiger partial charge in [0.05, 0.1) is 18.2 Å². The molecule has 0 bridgehead atoms. The maximum atomic E-state index is 12.2. The number of nitrogens with zero attached hydrogens (tertiary/aromatic N) is 1. The number of carbonyl (C=O) groups is 2. The van der Waals surface area contributed by atoms with Gasteiger partial charge in [-0.05, 0) is 37.9 Å². The van der Waals surface area contributed by atoms with E-state index < -0.39 is 5.97 Å². The third-order valence-corrected chi connectivity index (χ3v) is 6.57. The van der Waals surface area contributed by atoms with E-state index in [4.69, 9.17) is 5.11 Å². The molecule has 0 spiro atoms. The van der Waals surface area contributed by atoms with Gasteiger partial charge in [-0.1, -0.05) is 26.2 Å². The molecular weight excluding hydrogens is 340 g/mol. The molecule has 1 aliphatic heterocycles. The van der Waals surface area contributed by atoms with E-state index in [1.165, 1.54) is 0 Å². The third kappa shape index (κ3) is 6.37. The van der Waals surface area contributed by atoms with Crippen molar-refractivity contribution < 1.29 is 19.8 Å². The van der Waals surface area contributed by atoms with E-state index in [-0.39, 0.29) is 30.6 Å². The number of amides is 2. The monoisotopic (exact) mass is 372 g/mol. The van der Waals surface area contributed by atoms with Gasteiger partial charge in [-0.15, -0.1) is 0 Å². The standard InChI is InChI=1S/C18H32N2O4S/c1-2-3-4-6-13(21)8-9-20-16-12-14(11-15(16)19-18(20)24)25-10-5-7-17(22)23/h13-16,21H,2-12H2,1H3,(H,19,24)(H,22,23)/t13?,14-,15+,16-/m0/s1. The fraction of sp³-hybridized carbons (Fsp3) is 0.889. The first-order chi connectivity index (χ1) is 12.0. The maximum absolute atomic E-state index is 12.2. The van der Waals surface area contributed by atoms with Gasteiger partial charge >= 0.3 is 12.0 Å². The summed E-state index contributed by atoms with van der Waals surface area (Å²) >= 11 is 1.83. The number of aliphatic hydroxyl groups excluding tert-OH is 1. The van der Waals surface area contributed by atoms with Crippen molar-refractivity contribution in [1.29, 1.82) is 0 Å². The summed E-state index contributed by atoms with van der Waals surface area (Å²) in [6.07, 6.45) is 7.35. The van der Waals surface area contributed by atoms with Gasteiger partial charge in [0.15, 0.2) is 0 Å². The minimum Gasteiger partial charge on any atom is -0.481 e. The average molecular weight is 373 g/mol. The number of carboxylic acids is 1. The average Bonchev–Trinajstić information content (AvgIpc) is 3.06. The quantitative estimate of drug-likeness (QED) is 0.458. The van der Waals surface area contributed by atoms with Crippen molar-refractivity contribution in [3.63, 3.8) is 0 Å². The Morgan fingerprint density at radius 1 is 1.32 bits per heavy atom. The summed E-state index contributed by atoms with van der Waals surface area (Å²) in [5.74, 6) is 0.125. The molecule has 3 N–H and O–H groups in total. The van der Waals surface area contributed by atoms with Crippen LogP contribution in [0.1, 0.15) is 64.7 Å². The molecule has 25 heavy (non-hydrogen) atoms. The summed E-state index contributed by atoms with van der Waals surface area (Å²) in [5, 5.41) is 22.3. The van der Waals surface area contributed by atoms with Gasteiger partial charge in [0.2, 0.25) is 0 Å². The number of unbranched alkanes of at least 4 members (excludes halogenated alkanes) is 2. The number of urea groups is 1. The van der Waals surface area contributed by atoms with Crippen molar-refractivity contribution in [3.05, 3.63) is 0 Å². The van der Waals surface area contributed by atoms with Crippen LogP contribution < -0.4 is 5.32 Å². The van der Waals surface area contributed by atoms with Crippen LogP contribution in [0.3, 0.4) is 0 Å². The van der Waals surface area contributed by atoms with Crippen molar-refractivity contribution in [2.75, 3.05) is 12.3 Å². The van der Waals surface area contributed by atoms with Crippen molar-refractivity contribution >= 4 is 23.8 Å². The van der Waals surface area contributed by atoms with E-state index >= 15 is 0 Å². The molecule has 2 aliphatic rings. The number of hydrogen-bond acceptors (Lipinski definition) is 4. The molecule has 2 fully saturated rings. The lowest BCUT2D eigenvalue weighted by Crippen LogP contribution is -2.36. The Labute approximate surface area is 154 Å². The lowest BCUT2D eigenvalue weighted by Gasteiger charge is -2.24. The molecule has 1 heterocycles. The molecule has 6 nitrogen and oxygen atoms in total. The van der Waals surface area contributed by atoms with Gasteiger partial charge in [0.1, 0.15) is 0 Å². The number of aliphatic hydroxyl groups is 1. The Morgan fingerprint density at radius 3 is 2.84 bits per heavy atom. The molecule has 1 saturated heterocycles. The van der Waals surface area contributed by atoms with Crippen LogP contribution in [0.4, 0.5) is 4.79 Å². The zero-order chi connectivity index (χ0) is 18.2. The first kappa shape index (κ1) is 20.4. The molecule has 7 heteroatoms. The van der Waals surface area contributed by atoms with Crippen molar-refractivity contribution in [1.82, 2.24) is 10.2 Å². The molecule has 1 aliphatic carbocycles. The highest BCUT2D eigenvalue weighted by atomic mass is 32.2. The van der Waals surface area contributed by atoms with Crippen LogP contribution in [0, 0.1) is 0 Å². The molecular formula is C18H32N2O4S. The van der Waals surface area contributed by atoms with Crippen LogP contribution in [0.15, 0.2) is 0 Å². The molecule has 1 saturated carbocycles. The van der Waals surface area contributed by atoms with E-state index in [0.29, 0.717) is 24.6 Å². The van der Waals surface area contributed by atoms with Crippen molar-refractivity contribution in [2.45, 2.75) is 88.1 Å². The SMILES string of the molecule is CCCCCC(O)CCN1C(=O)N[C@@H]2C[C@H](SCCCC(=O)O)C[C@@H]21. The lowest BCUT2D eigenvalue weighted by atomic mass is 10.1. The Kier molecular flexibility index (Phi) is 8.36. The van der Waals surface area contributed by atoms with Gasteiger partial charge in [-0.3, -0.25) is 4.79 Å². The summed E-state index contributed by atoms with van der Waals surface area (Å²) in [6.45, 7) is 2.77. The number of aliphatic carboxylic acids is 1. The molecule has 144 valence electrons. The number of fused-ring (bicyclic) bond motifs is 1. The smallest absolute Gasteiger partial charge is 0.318 e. The van der Waals surface area contributed by atoms with Crippen molar-refractivity contribution in [2.24, 2.45) is 0 Å². The van der Waals surface area contributed by atoms with Crippen LogP contribution in [0.5, 0.6) is 0 Å².